The number of hydrogen-bond donors (Lipinski definition) is 3. The van der Waals surface area contributed by atoms with Crippen molar-refractivity contribution in [3.63, 3.8) is 0 Å². The van der Waals surface area contributed by atoms with Gasteiger partial charge in [-0.2, -0.15) is 0 Å². The molecule has 7 heteroatoms. The van der Waals surface area contributed by atoms with Gasteiger partial charge in [-0.25, -0.2) is 17.9 Å². The molecule has 19 heavy (non-hydrogen) atoms. The maximum atomic E-state index is 12.0. The van der Waals surface area contributed by atoms with E-state index in [1.165, 1.54) is 18.2 Å². The fourth-order valence-corrected chi connectivity index (χ4v) is 2.70. The van der Waals surface area contributed by atoms with Crippen LogP contribution in [0.1, 0.15) is 25.3 Å². The van der Waals surface area contributed by atoms with Gasteiger partial charge < -0.3 is 11.1 Å². The molecule has 0 radical (unpaired) electrons. The van der Waals surface area contributed by atoms with Gasteiger partial charge in [0, 0.05) is 12.2 Å². The monoisotopic (exact) mass is 285 g/mol. The van der Waals surface area contributed by atoms with E-state index in [1.54, 1.807) is 6.92 Å². The van der Waals surface area contributed by atoms with Crippen molar-refractivity contribution in [2.45, 2.75) is 31.6 Å². The first-order valence-electron chi connectivity index (χ1n) is 6.03. The number of sulfonamides is 1. The lowest BCUT2D eigenvalue weighted by Gasteiger charge is -2.10. The number of unbranched alkanes of at least 4 members (excludes halogenated alkanes) is 1. The lowest BCUT2D eigenvalue weighted by atomic mass is 10.2. The maximum Gasteiger partial charge on any atom is 0.316 e. The molecule has 0 heterocycles. The van der Waals surface area contributed by atoms with Gasteiger partial charge in [0.05, 0.1) is 4.90 Å². The molecule has 6 nitrogen and oxygen atoms in total. The summed E-state index contributed by atoms with van der Waals surface area (Å²) >= 11 is 0. The summed E-state index contributed by atoms with van der Waals surface area (Å²) in [7, 11) is -3.49. The Hall–Kier alpha value is -1.60. The number of urea groups is 1. The number of primary amides is 1. The van der Waals surface area contributed by atoms with E-state index in [0.29, 0.717) is 17.8 Å². The van der Waals surface area contributed by atoms with E-state index >= 15 is 0 Å². The topological polar surface area (TPSA) is 101 Å². The van der Waals surface area contributed by atoms with E-state index in [2.05, 4.69) is 10.0 Å². The molecule has 0 aliphatic rings. The van der Waals surface area contributed by atoms with Crippen LogP contribution in [0.3, 0.4) is 0 Å². The molecule has 0 saturated carbocycles. The number of carbonyl (C=O) groups is 1. The van der Waals surface area contributed by atoms with Crippen molar-refractivity contribution in [3.8, 4) is 0 Å². The van der Waals surface area contributed by atoms with Crippen LogP contribution in [0.4, 0.5) is 10.5 Å². The molecular formula is C12H19N3O3S. The average molecular weight is 285 g/mol. The summed E-state index contributed by atoms with van der Waals surface area (Å²) in [6.07, 6.45) is 1.71. The minimum atomic E-state index is -3.49. The highest BCUT2D eigenvalue weighted by Gasteiger charge is 2.14. The molecule has 0 aliphatic heterocycles. The molecule has 4 N–H and O–H groups in total. The number of rotatable bonds is 6. The van der Waals surface area contributed by atoms with E-state index in [1.807, 2.05) is 6.92 Å². The van der Waals surface area contributed by atoms with Gasteiger partial charge in [0.15, 0.2) is 0 Å². The Labute approximate surface area is 113 Å². The van der Waals surface area contributed by atoms with Gasteiger partial charge in [0.1, 0.15) is 0 Å². The molecule has 1 aromatic rings. The summed E-state index contributed by atoms with van der Waals surface area (Å²) in [6, 6.07) is 3.78. The first kappa shape index (κ1) is 15.5. The third-order valence-electron chi connectivity index (χ3n) is 2.59. The fourth-order valence-electron chi connectivity index (χ4n) is 1.54. The van der Waals surface area contributed by atoms with Crippen LogP contribution in [-0.4, -0.2) is 21.0 Å². The minimum Gasteiger partial charge on any atom is -0.351 e. The summed E-state index contributed by atoms with van der Waals surface area (Å²) < 4.78 is 26.5. The molecule has 106 valence electrons. The number of aryl methyl sites for hydroxylation is 1. The summed E-state index contributed by atoms with van der Waals surface area (Å²) in [5, 5.41) is 2.43. The molecule has 0 aliphatic carbocycles. The Morgan fingerprint density at radius 3 is 2.58 bits per heavy atom. The molecule has 0 atom stereocenters. The maximum absolute atomic E-state index is 12.0. The van der Waals surface area contributed by atoms with Crippen molar-refractivity contribution in [2.75, 3.05) is 11.9 Å². The zero-order valence-corrected chi connectivity index (χ0v) is 11.9. The van der Waals surface area contributed by atoms with Crippen LogP contribution in [0, 0.1) is 6.92 Å². The molecule has 0 saturated heterocycles. The zero-order valence-electron chi connectivity index (χ0n) is 11.1. The largest absolute Gasteiger partial charge is 0.351 e. The van der Waals surface area contributed by atoms with Gasteiger partial charge in [-0.15, -0.1) is 0 Å². The molecule has 0 bridgehead atoms. The van der Waals surface area contributed by atoms with Crippen molar-refractivity contribution in [1.82, 2.24) is 4.72 Å². The van der Waals surface area contributed by atoms with E-state index in [-0.39, 0.29) is 4.90 Å². The van der Waals surface area contributed by atoms with Crippen LogP contribution in [0.5, 0.6) is 0 Å². The van der Waals surface area contributed by atoms with Crippen molar-refractivity contribution in [2.24, 2.45) is 5.73 Å². The van der Waals surface area contributed by atoms with Gasteiger partial charge in [0.25, 0.3) is 0 Å². The quantitative estimate of drug-likeness (QED) is 0.691. The first-order valence-corrected chi connectivity index (χ1v) is 7.52. The highest BCUT2D eigenvalue weighted by Crippen LogP contribution is 2.19. The molecule has 0 spiro atoms. The fraction of sp³-hybridized carbons (Fsp3) is 0.417. The van der Waals surface area contributed by atoms with Crippen molar-refractivity contribution in [3.05, 3.63) is 23.8 Å². The summed E-state index contributed by atoms with van der Waals surface area (Å²) in [6.45, 7) is 4.11. The van der Waals surface area contributed by atoms with Crippen LogP contribution in [-0.2, 0) is 10.0 Å². The van der Waals surface area contributed by atoms with Gasteiger partial charge in [0.2, 0.25) is 10.0 Å². The lowest BCUT2D eigenvalue weighted by molar-refractivity contribution is 0.259. The number of carbonyl (C=O) groups excluding carboxylic acids is 1. The van der Waals surface area contributed by atoms with E-state index < -0.39 is 16.1 Å². The SMILES string of the molecule is CCCCNS(=O)(=O)c1ccc(NC(N)=O)c(C)c1. The van der Waals surface area contributed by atoms with Crippen LogP contribution >= 0.6 is 0 Å². The first-order chi connectivity index (χ1) is 8.86. The van der Waals surface area contributed by atoms with Crippen LogP contribution in [0.15, 0.2) is 23.1 Å². The number of benzene rings is 1. The number of nitrogens with two attached hydrogens (primary N) is 1. The second kappa shape index (κ2) is 6.53. The molecule has 1 rings (SSSR count). The van der Waals surface area contributed by atoms with Gasteiger partial charge in [-0.05, 0) is 37.1 Å². The smallest absolute Gasteiger partial charge is 0.316 e. The zero-order chi connectivity index (χ0) is 14.5. The lowest BCUT2D eigenvalue weighted by Crippen LogP contribution is -2.25. The normalized spacial score (nSPS) is 11.3. The Morgan fingerprint density at radius 1 is 1.37 bits per heavy atom. The van der Waals surface area contributed by atoms with Gasteiger partial charge >= 0.3 is 6.03 Å². The predicted molar refractivity (Wildman–Crippen MR) is 74.5 cm³/mol. The van der Waals surface area contributed by atoms with Crippen molar-refractivity contribution < 1.29 is 13.2 Å². The third-order valence-corrected chi connectivity index (χ3v) is 4.05. The number of hydrogen-bond acceptors (Lipinski definition) is 3. The van der Waals surface area contributed by atoms with Gasteiger partial charge in [-0.3, -0.25) is 0 Å². The average Bonchev–Trinajstić information content (AvgIpc) is 2.31. The summed E-state index contributed by atoms with van der Waals surface area (Å²) in [5.74, 6) is 0. The number of amides is 2. The molecule has 1 aromatic carbocycles. The standard InChI is InChI=1S/C12H19N3O3S/c1-3-4-7-14-19(17,18)10-5-6-11(9(2)8-10)15-12(13)16/h5-6,8,14H,3-4,7H2,1-2H3,(H3,13,15,16). The molecule has 2 amide bonds. The van der Waals surface area contributed by atoms with E-state index in [4.69, 9.17) is 5.73 Å². The van der Waals surface area contributed by atoms with Crippen LogP contribution < -0.4 is 15.8 Å². The predicted octanol–water partition coefficient (Wildman–Crippen LogP) is 1.56. The highest BCUT2D eigenvalue weighted by atomic mass is 32.2. The highest BCUT2D eigenvalue weighted by molar-refractivity contribution is 7.89. The second-order valence-corrected chi connectivity index (χ2v) is 5.98. The van der Waals surface area contributed by atoms with E-state index in [0.717, 1.165) is 12.8 Å². The molecule has 0 fully saturated rings. The summed E-state index contributed by atoms with van der Waals surface area (Å²) in [5.41, 5.74) is 6.15. The molecule has 0 unspecified atom stereocenters. The minimum absolute atomic E-state index is 0.177. The number of nitrogens with one attached hydrogen (secondary N) is 2. The van der Waals surface area contributed by atoms with Crippen molar-refractivity contribution in [1.29, 1.82) is 0 Å². The summed E-state index contributed by atoms with van der Waals surface area (Å²) in [4.78, 5) is 10.9. The molecular weight excluding hydrogens is 266 g/mol. The van der Waals surface area contributed by atoms with Crippen LogP contribution in [0.25, 0.3) is 0 Å². The van der Waals surface area contributed by atoms with E-state index in [9.17, 15) is 13.2 Å². The Balaban J connectivity index is 2.90. The molecule has 0 aromatic heterocycles. The van der Waals surface area contributed by atoms with Crippen molar-refractivity contribution >= 4 is 21.7 Å². The van der Waals surface area contributed by atoms with Gasteiger partial charge in [-0.1, -0.05) is 13.3 Å². The van der Waals surface area contributed by atoms with Crippen LogP contribution in [0.2, 0.25) is 0 Å². The second-order valence-electron chi connectivity index (χ2n) is 4.22. The Kier molecular flexibility index (Phi) is 5.31. The number of anilines is 1. The Morgan fingerprint density at radius 2 is 2.05 bits per heavy atom. The third kappa shape index (κ3) is 4.53. The Bertz CT molecular complexity index is 555.